The monoisotopic (exact) mass is 500 g/mol. The third kappa shape index (κ3) is 7.53. The van der Waals surface area contributed by atoms with Gasteiger partial charge in [-0.1, -0.05) is 48.0 Å². The Hall–Kier alpha value is -2.41. The Morgan fingerprint density at radius 2 is 1.74 bits per heavy atom. The van der Waals surface area contributed by atoms with Crippen LogP contribution in [0.2, 0.25) is 5.02 Å². The Kier molecular flexibility index (Phi) is 8.82. The van der Waals surface area contributed by atoms with Gasteiger partial charge >= 0.3 is 11.9 Å². The highest BCUT2D eigenvalue weighted by atomic mass is 35.5. The standard InChI is InChI=1S/C28H33ClO6/c1-18(30)33-17-26-13-25(34-19(2)31)14-28(35-26)23-9-10-27(29)24(12-23)11-21-6-3-20(4-7-21)5-8-22-15-32-16-22/h3-4,6-7,9-10,12,22,25-26,28H,5,8,11,13-17H2,1-2H3. The van der Waals surface area contributed by atoms with Crippen LogP contribution in [-0.4, -0.2) is 44.0 Å². The van der Waals surface area contributed by atoms with Gasteiger partial charge in [0.1, 0.15) is 12.7 Å². The molecule has 0 spiro atoms. The molecule has 2 aliphatic rings. The lowest BCUT2D eigenvalue weighted by atomic mass is 9.93. The molecule has 2 heterocycles. The van der Waals surface area contributed by atoms with E-state index in [0.29, 0.717) is 30.2 Å². The van der Waals surface area contributed by atoms with Crippen molar-refractivity contribution < 1.29 is 28.5 Å². The SMILES string of the molecule is CC(=O)OCC1CC(OC(C)=O)CC(c2ccc(Cl)c(Cc3ccc(CCC4COC4)cc3)c2)O1. The molecule has 0 bridgehead atoms. The van der Waals surface area contributed by atoms with Crippen molar-refractivity contribution in [3.63, 3.8) is 0 Å². The van der Waals surface area contributed by atoms with Gasteiger partial charge < -0.3 is 18.9 Å². The summed E-state index contributed by atoms with van der Waals surface area (Å²) in [6.45, 7) is 4.68. The van der Waals surface area contributed by atoms with Crippen LogP contribution in [0.5, 0.6) is 0 Å². The van der Waals surface area contributed by atoms with Crippen molar-refractivity contribution in [2.24, 2.45) is 5.92 Å². The van der Waals surface area contributed by atoms with Crippen LogP contribution in [0.25, 0.3) is 0 Å². The molecule has 3 atom stereocenters. The minimum atomic E-state index is -0.364. The smallest absolute Gasteiger partial charge is 0.302 e. The van der Waals surface area contributed by atoms with E-state index in [-0.39, 0.29) is 36.9 Å². The lowest BCUT2D eigenvalue weighted by molar-refractivity contribution is -0.169. The summed E-state index contributed by atoms with van der Waals surface area (Å²) < 4.78 is 22.1. The quantitative estimate of drug-likeness (QED) is 0.439. The van der Waals surface area contributed by atoms with E-state index in [0.717, 1.165) is 30.8 Å². The van der Waals surface area contributed by atoms with Crippen LogP contribution < -0.4 is 0 Å². The average Bonchev–Trinajstić information content (AvgIpc) is 2.78. The summed E-state index contributed by atoms with van der Waals surface area (Å²) >= 11 is 6.55. The van der Waals surface area contributed by atoms with Crippen molar-refractivity contribution in [2.45, 2.75) is 64.3 Å². The van der Waals surface area contributed by atoms with Crippen molar-refractivity contribution >= 4 is 23.5 Å². The largest absolute Gasteiger partial charge is 0.463 e. The third-order valence-electron chi connectivity index (χ3n) is 6.57. The van der Waals surface area contributed by atoms with Gasteiger partial charge in [0.15, 0.2) is 0 Å². The topological polar surface area (TPSA) is 71.1 Å². The Bertz CT molecular complexity index is 1020. The van der Waals surface area contributed by atoms with Gasteiger partial charge in [-0.2, -0.15) is 0 Å². The van der Waals surface area contributed by atoms with Gasteiger partial charge in [0.25, 0.3) is 0 Å². The number of halogens is 1. The highest BCUT2D eigenvalue weighted by Crippen LogP contribution is 2.35. The number of esters is 2. The molecule has 0 aromatic heterocycles. The van der Waals surface area contributed by atoms with Crippen LogP contribution >= 0.6 is 11.6 Å². The molecule has 35 heavy (non-hydrogen) atoms. The number of hydrogen-bond donors (Lipinski definition) is 0. The highest BCUT2D eigenvalue weighted by molar-refractivity contribution is 6.31. The Morgan fingerprint density at radius 3 is 2.40 bits per heavy atom. The van der Waals surface area contributed by atoms with E-state index in [4.69, 9.17) is 30.5 Å². The Morgan fingerprint density at radius 1 is 1.00 bits per heavy atom. The van der Waals surface area contributed by atoms with Crippen molar-refractivity contribution in [1.82, 2.24) is 0 Å². The maximum Gasteiger partial charge on any atom is 0.302 e. The fourth-order valence-corrected chi connectivity index (χ4v) is 4.82. The van der Waals surface area contributed by atoms with Crippen LogP contribution in [0.3, 0.4) is 0 Å². The average molecular weight is 501 g/mol. The molecule has 3 unspecified atom stereocenters. The summed E-state index contributed by atoms with van der Waals surface area (Å²) in [5, 5.41) is 0.701. The van der Waals surface area contributed by atoms with E-state index in [9.17, 15) is 9.59 Å². The molecular weight excluding hydrogens is 468 g/mol. The Labute approximate surface area is 211 Å². The van der Waals surface area contributed by atoms with Crippen molar-refractivity contribution in [1.29, 1.82) is 0 Å². The van der Waals surface area contributed by atoms with E-state index in [2.05, 4.69) is 30.3 Å². The second kappa shape index (κ2) is 12.0. The van der Waals surface area contributed by atoms with Gasteiger partial charge in [-0.05, 0) is 47.6 Å². The van der Waals surface area contributed by atoms with E-state index in [1.54, 1.807) is 0 Å². The molecule has 0 N–H and O–H groups in total. The van der Waals surface area contributed by atoms with Crippen molar-refractivity contribution in [3.05, 3.63) is 69.7 Å². The second-order valence-corrected chi connectivity index (χ2v) is 9.95. The van der Waals surface area contributed by atoms with Crippen molar-refractivity contribution in [3.8, 4) is 0 Å². The molecule has 2 aliphatic heterocycles. The first-order valence-corrected chi connectivity index (χ1v) is 12.6. The zero-order valence-corrected chi connectivity index (χ0v) is 21.1. The summed E-state index contributed by atoms with van der Waals surface area (Å²) in [6.07, 6.45) is 3.04. The molecule has 4 rings (SSSR count). The minimum absolute atomic E-state index is 0.129. The van der Waals surface area contributed by atoms with Crippen LogP contribution in [0.15, 0.2) is 42.5 Å². The van der Waals surface area contributed by atoms with Crippen molar-refractivity contribution in [2.75, 3.05) is 19.8 Å². The minimum Gasteiger partial charge on any atom is -0.463 e. The van der Waals surface area contributed by atoms with E-state index in [1.807, 2.05) is 12.1 Å². The molecule has 2 saturated heterocycles. The second-order valence-electron chi connectivity index (χ2n) is 9.54. The van der Waals surface area contributed by atoms with Gasteiger partial charge in [0, 0.05) is 37.6 Å². The summed E-state index contributed by atoms with van der Waals surface area (Å²) in [5.74, 6) is 0.00653. The summed E-state index contributed by atoms with van der Waals surface area (Å²) in [7, 11) is 0. The van der Waals surface area contributed by atoms with Crippen LogP contribution in [0.4, 0.5) is 0 Å². The summed E-state index contributed by atoms with van der Waals surface area (Å²) in [4.78, 5) is 22.8. The first-order chi connectivity index (χ1) is 16.9. The summed E-state index contributed by atoms with van der Waals surface area (Å²) in [6, 6.07) is 14.6. The lowest BCUT2D eigenvalue weighted by Crippen LogP contribution is -2.36. The number of ether oxygens (including phenoxy) is 4. The van der Waals surface area contributed by atoms with Crippen LogP contribution in [0.1, 0.15) is 61.5 Å². The number of carbonyl (C=O) groups excluding carboxylic acids is 2. The summed E-state index contributed by atoms with van der Waals surface area (Å²) in [5.41, 5.74) is 4.51. The molecule has 0 amide bonds. The molecule has 6 nitrogen and oxygen atoms in total. The fraction of sp³-hybridized carbons (Fsp3) is 0.500. The van der Waals surface area contributed by atoms with Gasteiger partial charge in [-0.25, -0.2) is 0 Å². The highest BCUT2D eigenvalue weighted by Gasteiger charge is 2.33. The molecule has 2 aromatic rings. The maximum atomic E-state index is 11.6. The molecule has 2 fully saturated rings. The number of rotatable bonds is 9. The lowest BCUT2D eigenvalue weighted by Gasteiger charge is -2.35. The molecule has 0 radical (unpaired) electrons. The van der Waals surface area contributed by atoms with Gasteiger partial charge in [0.05, 0.1) is 25.4 Å². The molecule has 188 valence electrons. The molecule has 0 saturated carbocycles. The number of carbonyl (C=O) groups is 2. The number of benzene rings is 2. The maximum absolute atomic E-state index is 11.6. The number of hydrogen-bond acceptors (Lipinski definition) is 6. The first-order valence-electron chi connectivity index (χ1n) is 12.3. The predicted molar refractivity (Wildman–Crippen MR) is 132 cm³/mol. The first kappa shape index (κ1) is 25.7. The van der Waals surface area contributed by atoms with E-state index >= 15 is 0 Å². The molecule has 0 aliphatic carbocycles. The van der Waals surface area contributed by atoms with E-state index in [1.165, 1.54) is 31.4 Å². The Balaban J connectivity index is 1.43. The van der Waals surface area contributed by atoms with Crippen LogP contribution in [0, 0.1) is 5.92 Å². The third-order valence-corrected chi connectivity index (χ3v) is 6.94. The fourth-order valence-electron chi connectivity index (χ4n) is 4.63. The molecular formula is C28H33ClO6. The van der Waals surface area contributed by atoms with Gasteiger partial charge in [-0.3, -0.25) is 9.59 Å². The number of aryl methyl sites for hydroxylation is 1. The molecule has 2 aromatic carbocycles. The van der Waals surface area contributed by atoms with Crippen LogP contribution in [-0.2, 0) is 41.4 Å². The normalized spacial score (nSPS) is 22.3. The molecule has 7 heteroatoms. The van der Waals surface area contributed by atoms with E-state index < -0.39 is 0 Å². The zero-order valence-electron chi connectivity index (χ0n) is 20.3. The predicted octanol–water partition coefficient (Wildman–Crippen LogP) is 5.22. The van der Waals surface area contributed by atoms with Gasteiger partial charge in [-0.15, -0.1) is 0 Å². The zero-order chi connectivity index (χ0) is 24.8. The van der Waals surface area contributed by atoms with Gasteiger partial charge in [0.2, 0.25) is 0 Å².